The lowest BCUT2D eigenvalue weighted by atomic mass is 9.95. The lowest BCUT2D eigenvalue weighted by Gasteiger charge is -2.34. The van der Waals surface area contributed by atoms with Gasteiger partial charge in [-0.05, 0) is 37.8 Å². The number of carbonyl (C=O) groups excluding carboxylic acids is 3. The maximum absolute atomic E-state index is 13.4. The predicted octanol–water partition coefficient (Wildman–Crippen LogP) is 1.76. The third-order valence-electron chi connectivity index (χ3n) is 7.72. The van der Waals surface area contributed by atoms with E-state index in [0.29, 0.717) is 55.7 Å². The summed E-state index contributed by atoms with van der Waals surface area (Å²) in [6.45, 7) is 2.37. The van der Waals surface area contributed by atoms with Crippen molar-refractivity contribution < 1.29 is 24.2 Å². The van der Waals surface area contributed by atoms with Crippen LogP contribution in [0.15, 0.2) is 24.3 Å². The number of hydrogen-bond acceptors (Lipinski definition) is 6. The molecule has 204 valence electrons. The first-order valence-corrected chi connectivity index (χ1v) is 13.8. The van der Waals surface area contributed by atoms with Crippen molar-refractivity contribution in [1.82, 2.24) is 24.5 Å². The summed E-state index contributed by atoms with van der Waals surface area (Å²) in [6, 6.07) is 7.41. The Labute approximate surface area is 227 Å². The van der Waals surface area contributed by atoms with Gasteiger partial charge in [0.15, 0.2) is 5.69 Å². The fraction of sp³-hybridized carbons (Fsp3) is 0.556. The summed E-state index contributed by atoms with van der Waals surface area (Å²) < 4.78 is 7.79. The maximum atomic E-state index is 13.4. The van der Waals surface area contributed by atoms with Gasteiger partial charge in [0, 0.05) is 63.4 Å². The highest BCUT2D eigenvalue weighted by atomic mass is 35.5. The summed E-state index contributed by atoms with van der Waals surface area (Å²) in [5, 5.41) is 14.4. The molecular formula is C27H34ClN5O5. The summed E-state index contributed by atoms with van der Waals surface area (Å²) in [4.78, 5) is 43.5. The Bertz CT molecular complexity index is 1180. The third-order valence-corrected chi connectivity index (χ3v) is 8.04. The van der Waals surface area contributed by atoms with Crippen molar-refractivity contribution in [3.63, 3.8) is 0 Å². The lowest BCUT2D eigenvalue weighted by molar-refractivity contribution is -0.135. The van der Waals surface area contributed by atoms with E-state index in [1.54, 1.807) is 20.5 Å². The number of halogens is 1. The number of carbonyl (C=O) groups is 3. The molecule has 0 saturated carbocycles. The maximum Gasteiger partial charge on any atom is 0.274 e. The first-order chi connectivity index (χ1) is 18.4. The van der Waals surface area contributed by atoms with Crippen molar-refractivity contribution in [2.45, 2.75) is 51.2 Å². The van der Waals surface area contributed by atoms with Gasteiger partial charge in [0.2, 0.25) is 11.8 Å². The van der Waals surface area contributed by atoms with Crippen molar-refractivity contribution in [2.75, 3.05) is 45.9 Å². The number of aromatic nitrogens is 2. The molecule has 38 heavy (non-hydrogen) atoms. The molecule has 1 N–H and O–H groups in total. The van der Waals surface area contributed by atoms with E-state index >= 15 is 0 Å². The fourth-order valence-electron chi connectivity index (χ4n) is 5.55. The zero-order chi connectivity index (χ0) is 26.6. The zero-order valence-corrected chi connectivity index (χ0v) is 22.2. The molecule has 5 rings (SSSR count). The molecule has 2 fully saturated rings. The molecule has 2 aromatic rings. The smallest absolute Gasteiger partial charge is 0.274 e. The number of piperidine rings is 1. The van der Waals surface area contributed by atoms with Gasteiger partial charge in [-0.3, -0.25) is 19.1 Å². The third kappa shape index (κ3) is 5.66. The Morgan fingerprint density at radius 3 is 2.29 bits per heavy atom. The van der Waals surface area contributed by atoms with E-state index in [0.717, 1.165) is 49.8 Å². The van der Waals surface area contributed by atoms with Gasteiger partial charge in [0.25, 0.3) is 5.91 Å². The number of amides is 3. The summed E-state index contributed by atoms with van der Waals surface area (Å²) in [6.07, 6.45) is 5.03. The monoisotopic (exact) mass is 543 g/mol. The molecular weight excluding hydrogens is 510 g/mol. The first-order valence-electron chi connectivity index (χ1n) is 13.4. The fourth-order valence-corrected chi connectivity index (χ4v) is 5.73. The van der Waals surface area contributed by atoms with Crippen LogP contribution in [0.25, 0.3) is 0 Å². The molecule has 0 radical (unpaired) electrons. The second-order valence-electron chi connectivity index (χ2n) is 10.1. The number of rotatable bonds is 6. The second kappa shape index (κ2) is 11.7. The summed E-state index contributed by atoms with van der Waals surface area (Å²) >= 11 is 6.22. The van der Waals surface area contributed by atoms with Gasteiger partial charge in [-0.2, -0.15) is 5.10 Å². The number of aliphatic hydroxyl groups excluding tert-OH is 1. The zero-order valence-electron chi connectivity index (χ0n) is 21.5. The van der Waals surface area contributed by atoms with E-state index in [9.17, 15) is 14.4 Å². The van der Waals surface area contributed by atoms with Gasteiger partial charge in [-0.1, -0.05) is 23.7 Å². The Morgan fingerprint density at radius 2 is 1.58 bits per heavy atom. The number of hydrogen-bond donors (Lipinski definition) is 1. The van der Waals surface area contributed by atoms with Crippen molar-refractivity contribution >= 4 is 29.3 Å². The van der Waals surface area contributed by atoms with Gasteiger partial charge >= 0.3 is 0 Å². The van der Waals surface area contributed by atoms with E-state index in [4.69, 9.17) is 21.4 Å². The highest BCUT2D eigenvalue weighted by molar-refractivity contribution is 6.32. The normalized spacial score (nSPS) is 18.3. The molecule has 3 amide bonds. The first kappa shape index (κ1) is 26.5. The number of fused-ring (bicyclic) bond motifs is 1. The van der Waals surface area contributed by atoms with Crippen molar-refractivity contribution in [3.05, 3.63) is 46.2 Å². The highest BCUT2D eigenvalue weighted by Gasteiger charge is 2.32. The summed E-state index contributed by atoms with van der Waals surface area (Å²) in [5.41, 5.74) is 2.37. The minimum Gasteiger partial charge on any atom is -0.489 e. The number of ether oxygens (including phenoxy) is 1. The number of benzene rings is 1. The second-order valence-corrected chi connectivity index (χ2v) is 10.5. The Hall–Kier alpha value is -3.11. The van der Waals surface area contributed by atoms with E-state index in [1.165, 1.54) is 0 Å². The molecule has 0 atom stereocenters. The molecule has 1 aromatic carbocycles. The van der Waals surface area contributed by atoms with Crippen molar-refractivity contribution in [3.8, 4) is 5.75 Å². The predicted molar refractivity (Wildman–Crippen MR) is 140 cm³/mol. The van der Waals surface area contributed by atoms with Crippen LogP contribution in [0.4, 0.5) is 0 Å². The van der Waals surface area contributed by atoms with Crippen LogP contribution in [0.1, 0.15) is 47.4 Å². The molecule has 2 aliphatic heterocycles. The Morgan fingerprint density at radius 1 is 0.921 bits per heavy atom. The van der Waals surface area contributed by atoms with E-state index in [-0.39, 0.29) is 30.4 Å². The molecule has 2 saturated heterocycles. The van der Waals surface area contributed by atoms with Crippen LogP contribution < -0.4 is 4.74 Å². The quantitative estimate of drug-likeness (QED) is 0.595. The highest BCUT2D eigenvalue weighted by Crippen LogP contribution is 2.28. The minimum absolute atomic E-state index is 0.00723. The van der Waals surface area contributed by atoms with Crippen LogP contribution in [-0.4, -0.2) is 99.3 Å². The molecule has 11 heteroatoms. The number of likely N-dealkylation sites (tertiary alicyclic amines) is 1. The topological polar surface area (TPSA) is 108 Å². The average molecular weight is 544 g/mol. The lowest BCUT2D eigenvalue weighted by Crippen LogP contribution is -2.51. The number of aliphatic hydroxyl groups is 1. The van der Waals surface area contributed by atoms with Gasteiger partial charge < -0.3 is 24.5 Å². The molecule has 1 aliphatic carbocycles. The molecule has 3 heterocycles. The Kier molecular flexibility index (Phi) is 8.18. The number of nitrogens with zero attached hydrogens (tertiary/aromatic N) is 5. The Balaban J connectivity index is 1.21. The standard InChI is InChI=1S/C27H34ClN5O5/c28-21-6-2-4-8-23(21)38-19-9-11-30(12-10-19)24(35)17-33-22-7-3-1-5-20(22)26(29-33)27(37)32-15-13-31(14-16-32)25(36)18-34/h2,4,6,8,19,34H,1,3,5,7,9-18H2. The van der Waals surface area contributed by atoms with Crippen LogP contribution in [0.3, 0.4) is 0 Å². The minimum atomic E-state index is -0.522. The SMILES string of the molecule is O=C(CO)N1CCN(C(=O)c2nn(CC(=O)N3CCC(Oc4ccccc4Cl)CC3)c3c2CCCC3)CC1. The summed E-state index contributed by atoms with van der Waals surface area (Å²) in [5.74, 6) is 0.188. The molecule has 1 aromatic heterocycles. The van der Waals surface area contributed by atoms with Crippen LogP contribution in [0, 0.1) is 0 Å². The van der Waals surface area contributed by atoms with Gasteiger partial charge in [-0.15, -0.1) is 0 Å². The molecule has 3 aliphatic rings. The van der Waals surface area contributed by atoms with Crippen LogP contribution in [0.2, 0.25) is 5.02 Å². The van der Waals surface area contributed by atoms with Crippen molar-refractivity contribution in [1.29, 1.82) is 0 Å². The van der Waals surface area contributed by atoms with E-state index < -0.39 is 6.61 Å². The number of para-hydroxylation sites is 1. The molecule has 10 nitrogen and oxygen atoms in total. The molecule has 0 unspecified atom stereocenters. The van der Waals surface area contributed by atoms with E-state index in [2.05, 4.69) is 5.10 Å². The van der Waals surface area contributed by atoms with Crippen LogP contribution in [-0.2, 0) is 29.0 Å². The number of piperazine rings is 1. The van der Waals surface area contributed by atoms with E-state index in [1.807, 2.05) is 23.1 Å². The molecule has 0 spiro atoms. The van der Waals surface area contributed by atoms with Gasteiger partial charge in [0.05, 0.1) is 5.02 Å². The molecule has 0 bridgehead atoms. The van der Waals surface area contributed by atoms with Gasteiger partial charge in [-0.25, -0.2) is 0 Å². The van der Waals surface area contributed by atoms with Gasteiger partial charge in [0.1, 0.15) is 25.0 Å². The largest absolute Gasteiger partial charge is 0.489 e. The van der Waals surface area contributed by atoms with Crippen LogP contribution in [0.5, 0.6) is 5.75 Å². The average Bonchev–Trinajstić information content (AvgIpc) is 3.32. The van der Waals surface area contributed by atoms with Crippen LogP contribution >= 0.6 is 11.6 Å². The van der Waals surface area contributed by atoms with Crippen molar-refractivity contribution in [2.24, 2.45) is 0 Å². The summed E-state index contributed by atoms with van der Waals surface area (Å²) in [7, 11) is 0.